The predicted molar refractivity (Wildman–Crippen MR) is 102 cm³/mol. The number of hydrogen-bond donors (Lipinski definition) is 3. The van der Waals surface area contributed by atoms with Gasteiger partial charge in [0.1, 0.15) is 5.69 Å². The molecule has 1 unspecified atom stereocenters. The van der Waals surface area contributed by atoms with Crippen LogP contribution in [-0.2, 0) is 6.54 Å². The molecule has 2 aromatic carbocycles. The fourth-order valence-corrected chi connectivity index (χ4v) is 2.52. The van der Waals surface area contributed by atoms with E-state index in [1.165, 1.54) is 12.1 Å². The number of carbonyl (C=O) groups is 1. The lowest BCUT2D eigenvalue weighted by Gasteiger charge is -2.11. The molecule has 0 heterocycles. The third-order valence-electron chi connectivity index (χ3n) is 3.77. The van der Waals surface area contributed by atoms with Crippen molar-refractivity contribution < 1.29 is 9.72 Å². The fourth-order valence-electron chi connectivity index (χ4n) is 2.32. The Kier molecular flexibility index (Phi) is 6.94. The Morgan fingerprint density at radius 3 is 2.69 bits per heavy atom. The van der Waals surface area contributed by atoms with Crippen molar-refractivity contribution in [2.75, 3.05) is 11.9 Å². The van der Waals surface area contributed by atoms with E-state index in [1.807, 2.05) is 25.1 Å². The van der Waals surface area contributed by atoms with Crippen LogP contribution < -0.4 is 16.4 Å². The van der Waals surface area contributed by atoms with Crippen molar-refractivity contribution in [2.45, 2.75) is 25.9 Å². The van der Waals surface area contributed by atoms with Crippen molar-refractivity contribution in [1.82, 2.24) is 5.32 Å². The zero-order chi connectivity index (χ0) is 19.1. The van der Waals surface area contributed by atoms with Crippen molar-refractivity contribution in [3.8, 4) is 0 Å². The van der Waals surface area contributed by atoms with Crippen LogP contribution in [0.15, 0.2) is 42.5 Å². The molecule has 8 heteroatoms. The molecule has 0 saturated heterocycles. The highest BCUT2D eigenvalue weighted by Gasteiger charge is 2.17. The summed E-state index contributed by atoms with van der Waals surface area (Å²) < 4.78 is 0. The average Bonchev–Trinajstić information content (AvgIpc) is 2.60. The van der Waals surface area contributed by atoms with Crippen LogP contribution in [0.3, 0.4) is 0 Å². The topological polar surface area (TPSA) is 110 Å². The number of amides is 1. The van der Waals surface area contributed by atoms with Gasteiger partial charge in [0.25, 0.3) is 11.6 Å². The Labute approximate surface area is 156 Å². The molecule has 1 amide bonds. The van der Waals surface area contributed by atoms with Crippen molar-refractivity contribution in [3.63, 3.8) is 0 Å². The number of nitrogens with one attached hydrogen (secondary N) is 2. The lowest BCUT2D eigenvalue weighted by molar-refractivity contribution is -0.384. The van der Waals surface area contributed by atoms with Gasteiger partial charge in [-0.3, -0.25) is 14.9 Å². The summed E-state index contributed by atoms with van der Waals surface area (Å²) in [6.07, 6.45) is 0.630. The molecule has 0 aliphatic carbocycles. The highest BCUT2D eigenvalue weighted by atomic mass is 35.5. The molecule has 0 fully saturated rings. The number of hydrogen-bond acceptors (Lipinski definition) is 5. The van der Waals surface area contributed by atoms with Gasteiger partial charge in [-0.15, -0.1) is 0 Å². The molecule has 4 N–H and O–H groups in total. The number of nitrogens with zero attached hydrogens (tertiary/aromatic N) is 1. The average molecular weight is 377 g/mol. The molecule has 0 bridgehead atoms. The van der Waals surface area contributed by atoms with Crippen LogP contribution in [0.5, 0.6) is 0 Å². The first-order valence-corrected chi connectivity index (χ1v) is 8.55. The zero-order valence-corrected chi connectivity index (χ0v) is 15.1. The van der Waals surface area contributed by atoms with Gasteiger partial charge in [0, 0.05) is 35.8 Å². The van der Waals surface area contributed by atoms with Crippen LogP contribution in [-0.4, -0.2) is 23.4 Å². The molecule has 0 aromatic heterocycles. The van der Waals surface area contributed by atoms with Crippen LogP contribution in [0.25, 0.3) is 0 Å². The number of halogens is 1. The molecule has 26 heavy (non-hydrogen) atoms. The molecular weight excluding hydrogens is 356 g/mol. The molecule has 0 aliphatic heterocycles. The summed E-state index contributed by atoms with van der Waals surface area (Å²) in [4.78, 5) is 23.0. The third-order valence-corrected chi connectivity index (χ3v) is 4.14. The molecule has 1 atom stereocenters. The summed E-state index contributed by atoms with van der Waals surface area (Å²) in [6.45, 7) is 2.59. The van der Waals surface area contributed by atoms with Crippen LogP contribution >= 0.6 is 11.6 Å². The molecule has 138 valence electrons. The number of anilines is 1. The first kappa shape index (κ1) is 19.7. The summed E-state index contributed by atoms with van der Waals surface area (Å²) in [6, 6.07) is 11.5. The lowest BCUT2D eigenvalue weighted by Crippen LogP contribution is -2.29. The second kappa shape index (κ2) is 9.17. The van der Waals surface area contributed by atoms with Gasteiger partial charge in [0.05, 0.1) is 4.92 Å². The van der Waals surface area contributed by atoms with E-state index in [-0.39, 0.29) is 23.2 Å². The maximum Gasteiger partial charge on any atom is 0.293 e. The Morgan fingerprint density at radius 1 is 1.31 bits per heavy atom. The predicted octanol–water partition coefficient (Wildman–Crippen LogP) is 3.33. The number of rotatable bonds is 8. The van der Waals surface area contributed by atoms with Gasteiger partial charge in [-0.25, -0.2) is 0 Å². The van der Waals surface area contributed by atoms with Crippen molar-refractivity contribution >= 4 is 28.9 Å². The molecule has 0 saturated carbocycles. The maximum absolute atomic E-state index is 12.1. The van der Waals surface area contributed by atoms with Crippen LogP contribution in [0.4, 0.5) is 11.4 Å². The van der Waals surface area contributed by atoms with Crippen LogP contribution in [0.2, 0.25) is 5.02 Å². The molecular formula is C18H21ClN4O3. The Balaban J connectivity index is 2.12. The van der Waals surface area contributed by atoms with E-state index < -0.39 is 4.92 Å². The minimum Gasteiger partial charge on any atom is -0.375 e. The first-order valence-electron chi connectivity index (χ1n) is 8.18. The number of benzene rings is 2. The normalized spacial score (nSPS) is 11.7. The van der Waals surface area contributed by atoms with Crippen molar-refractivity contribution in [3.05, 3.63) is 68.7 Å². The lowest BCUT2D eigenvalue weighted by atomic mass is 10.1. The van der Waals surface area contributed by atoms with E-state index in [4.69, 9.17) is 17.3 Å². The van der Waals surface area contributed by atoms with Crippen molar-refractivity contribution in [2.24, 2.45) is 5.73 Å². The molecule has 2 rings (SSSR count). The number of nitrogens with two attached hydrogens (primary N) is 1. The molecule has 2 aromatic rings. The quantitative estimate of drug-likeness (QED) is 0.483. The third kappa shape index (κ3) is 5.44. The Bertz CT molecular complexity index is 796. The highest BCUT2D eigenvalue weighted by molar-refractivity contribution is 6.31. The summed E-state index contributed by atoms with van der Waals surface area (Å²) in [5.41, 5.74) is 6.83. The van der Waals surface area contributed by atoms with E-state index >= 15 is 0 Å². The fraction of sp³-hybridized carbons (Fsp3) is 0.278. The summed E-state index contributed by atoms with van der Waals surface area (Å²) >= 11 is 6.09. The van der Waals surface area contributed by atoms with Gasteiger partial charge in [0.15, 0.2) is 0 Å². The van der Waals surface area contributed by atoms with E-state index in [1.54, 1.807) is 12.1 Å². The van der Waals surface area contributed by atoms with Gasteiger partial charge >= 0.3 is 0 Å². The second-order valence-electron chi connectivity index (χ2n) is 5.96. The van der Waals surface area contributed by atoms with Gasteiger partial charge in [0.2, 0.25) is 0 Å². The highest BCUT2D eigenvalue weighted by Crippen LogP contribution is 2.27. The smallest absolute Gasteiger partial charge is 0.293 e. The minimum absolute atomic E-state index is 0.0268. The summed E-state index contributed by atoms with van der Waals surface area (Å²) in [5, 5.41) is 17.6. The molecule has 0 radical (unpaired) electrons. The zero-order valence-electron chi connectivity index (χ0n) is 14.4. The van der Waals surface area contributed by atoms with Crippen molar-refractivity contribution in [1.29, 1.82) is 0 Å². The number of carbonyl (C=O) groups excluding carboxylic acids is 1. The first-order chi connectivity index (χ1) is 12.4. The van der Waals surface area contributed by atoms with E-state index in [9.17, 15) is 14.9 Å². The largest absolute Gasteiger partial charge is 0.375 e. The van der Waals surface area contributed by atoms with Gasteiger partial charge in [-0.2, -0.15) is 0 Å². The maximum atomic E-state index is 12.1. The SMILES string of the molecule is CC(N)CCNC(=O)c1ccc(NCc2ccccc2Cl)c([N+](=O)[O-])c1. The van der Waals surface area contributed by atoms with Gasteiger partial charge in [-0.1, -0.05) is 29.8 Å². The van der Waals surface area contributed by atoms with Crippen LogP contribution in [0.1, 0.15) is 29.3 Å². The van der Waals surface area contributed by atoms with E-state index in [2.05, 4.69) is 10.6 Å². The second-order valence-corrected chi connectivity index (χ2v) is 6.36. The van der Waals surface area contributed by atoms with Crippen LogP contribution in [0, 0.1) is 10.1 Å². The van der Waals surface area contributed by atoms with Gasteiger partial charge in [-0.05, 0) is 37.1 Å². The molecule has 0 aliphatic rings. The summed E-state index contributed by atoms with van der Waals surface area (Å²) in [5.74, 6) is -0.369. The number of nitro groups is 1. The van der Waals surface area contributed by atoms with E-state index in [0.717, 1.165) is 5.56 Å². The minimum atomic E-state index is -0.520. The Hall–Kier alpha value is -2.64. The van der Waals surface area contributed by atoms with E-state index in [0.29, 0.717) is 30.2 Å². The molecule has 0 spiro atoms. The number of nitro benzene ring substituents is 1. The Morgan fingerprint density at radius 2 is 2.04 bits per heavy atom. The standard InChI is InChI=1S/C18H21ClN4O3/c1-12(20)8-9-21-18(24)13-6-7-16(17(10-13)23(25)26)22-11-14-4-2-3-5-15(14)19/h2-7,10,12,22H,8-9,11,20H2,1H3,(H,21,24). The monoisotopic (exact) mass is 376 g/mol. The molecule has 7 nitrogen and oxygen atoms in total. The van der Waals surface area contributed by atoms with Gasteiger partial charge < -0.3 is 16.4 Å². The summed E-state index contributed by atoms with van der Waals surface area (Å²) in [7, 11) is 0.